The fraction of sp³-hybridized carbons (Fsp3) is 0.818. The molecule has 0 aliphatic carbocycles. The Morgan fingerprint density at radius 3 is 3.00 bits per heavy atom. The van der Waals surface area contributed by atoms with Gasteiger partial charge in [-0.1, -0.05) is 0 Å². The first-order valence-corrected chi connectivity index (χ1v) is 5.47. The molecular formula is C11H19N3O. The Morgan fingerprint density at radius 2 is 2.40 bits per heavy atom. The molecule has 1 atom stereocenters. The van der Waals surface area contributed by atoms with Gasteiger partial charge in [-0.15, -0.1) is 0 Å². The van der Waals surface area contributed by atoms with Crippen molar-refractivity contribution >= 4 is 5.91 Å². The molecule has 0 aromatic rings. The van der Waals surface area contributed by atoms with E-state index in [1.807, 2.05) is 13.8 Å². The van der Waals surface area contributed by atoms with Crippen LogP contribution in [0.3, 0.4) is 0 Å². The van der Waals surface area contributed by atoms with Crippen molar-refractivity contribution in [2.75, 3.05) is 13.1 Å². The number of hydrogen-bond donors (Lipinski definition) is 2. The molecule has 0 aromatic carbocycles. The van der Waals surface area contributed by atoms with Crippen LogP contribution in [0.1, 0.15) is 33.1 Å². The highest BCUT2D eigenvalue weighted by Crippen LogP contribution is 2.17. The quantitative estimate of drug-likeness (QED) is 0.719. The van der Waals surface area contributed by atoms with Gasteiger partial charge in [0, 0.05) is 6.54 Å². The molecule has 1 fully saturated rings. The maximum atomic E-state index is 11.4. The molecule has 1 saturated heterocycles. The second-order valence-electron chi connectivity index (χ2n) is 4.69. The first kappa shape index (κ1) is 12.0. The summed E-state index contributed by atoms with van der Waals surface area (Å²) in [6, 6.07) is 2.19. The molecule has 1 rings (SSSR count). The van der Waals surface area contributed by atoms with Crippen LogP contribution in [0.2, 0.25) is 0 Å². The molecular weight excluding hydrogens is 190 g/mol. The largest absolute Gasteiger partial charge is 0.355 e. The average molecular weight is 209 g/mol. The van der Waals surface area contributed by atoms with Gasteiger partial charge in [0.05, 0.1) is 17.5 Å². The van der Waals surface area contributed by atoms with Gasteiger partial charge in [-0.3, -0.25) is 4.79 Å². The fourth-order valence-corrected chi connectivity index (χ4v) is 1.58. The zero-order chi connectivity index (χ0) is 11.3. The van der Waals surface area contributed by atoms with Crippen molar-refractivity contribution in [1.29, 1.82) is 5.26 Å². The molecule has 0 bridgehead atoms. The van der Waals surface area contributed by atoms with Crippen LogP contribution in [0.25, 0.3) is 0 Å². The first-order valence-electron chi connectivity index (χ1n) is 5.47. The van der Waals surface area contributed by atoms with Gasteiger partial charge in [0.25, 0.3) is 0 Å². The van der Waals surface area contributed by atoms with Crippen molar-refractivity contribution in [2.45, 2.75) is 39.2 Å². The van der Waals surface area contributed by atoms with Crippen LogP contribution in [0, 0.1) is 16.7 Å². The molecule has 0 radical (unpaired) electrons. The molecule has 0 spiro atoms. The van der Waals surface area contributed by atoms with E-state index in [9.17, 15) is 4.79 Å². The minimum Gasteiger partial charge on any atom is -0.355 e. The normalized spacial score (nSPS) is 21.9. The zero-order valence-electron chi connectivity index (χ0n) is 9.47. The summed E-state index contributed by atoms with van der Waals surface area (Å²) in [5, 5.41) is 14.9. The molecule has 1 aliphatic rings. The molecule has 84 valence electrons. The van der Waals surface area contributed by atoms with Crippen molar-refractivity contribution in [3.63, 3.8) is 0 Å². The number of hydrogen-bond acceptors (Lipinski definition) is 3. The van der Waals surface area contributed by atoms with E-state index in [1.165, 1.54) is 0 Å². The lowest BCUT2D eigenvalue weighted by molar-refractivity contribution is -0.124. The van der Waals surface area contributed by atoms with E-state index in [4.69, 9.17) is 5.26 Å². The van der Waals surface area contributed by atoms with Crippen LogP contribution >= 0.6 is 0 Å². The number of nitrogens with zero attached hydrogens (tertiary/aromatic N) is 1. The third-order valence-electron chi connectivity index (χ3n) is 2.73. The summed E-state index contributed by atoms with van der Waals surface area (Å²) < 4.78 is 0. The van der Waals surface area contributed by atoms with Crippen molar-refractivity contribution in [2.24, 2.45) is 5.41 Å². The highest BCUT2D eigenvalue weighted by Gasteiger charge is 2.22. The zero-order valence-corrected chi connectivity index (χ0v) is 9.47. The Labute approximate surface area is 91.0 Å². The van der Waals surface area contributed by atoms with E-state index in [0.29, 0.717) is 0 Å². The monoisotopic (exact) mass is 209 g/mol. The SMILES string of the molecule is CC(C)(C#N)CCNC1CCCNC1=O. The van der Waals surface area contributed by atoms with Gasteiger partial charge < -0.3 is 10.6 Å². The molecule has 1 aliphatic heterocycles. The van der Waals surface area contributed by atoms with Crippen molar-refractivity contribution in [3.05, 3.63) is 0 Å². The summed E-state index contributed by atoms with van der Waals surface area (Å²) in [7, 11) is 0. The second-order valence-corrected chi connectivity index (χ2v) is 4.69. The van der Waals surface area contributed by atoms with Gasteiger partial charge in [-0.25, -0.2) is 0 Å². The molecule has 4 nitrogen and oxygen atoms in total. The minimum absolute atomic E-state index is 0.0618. The number of amides is 1. The van der Waals surface area contributed by atoms with Crippen LogP contribution in [-0.2, 0) is 4.79 Å². The van der Waals surface area contributed by atoms with Crippen LogP contribution < -0.4 is 10.6 Å². The van der Waals surface area contributed by atoms with Crippen molar-refractivity contribution in [1.82, 2.24) is 10.6 Å². The number of carbonyl (C=O) groups is 1. The predicted octanol–water partition coefficient (Wildman–Crippen LogP) is 0.794. The maximum Gasteiger partial charge on any atom is 0.237 e. The van der Waals surface area contributed by atoms with Crippen molar-refractivity contribution in [3.8, 4) is 6.07 Å². The summed E-state index contributed by atoms with van der Waals surface area (Å²) in [6.45, 7) is 5.34. The van der Waals surface area contributed by atoms with E-state index in [1.54, 1.807) is 0 Å². The van der Waals surface area contributed by atoms with Crippen LogP contribution in [0.5, 0.6) is 0 Å². The Balaban J connectivity index is 2.25. The highest BCUT2D eigenvalue weighted by atomic mass is 16.2. The maximum absolute atomic E-state index is 11.4. The summed E-state index contributed by atoms with van der Waals surface area (Å²) in [5.41, 5.74) is -0.307. The third kappa shape index (κ3) is 3.88. The molecule has 1 amide bonds. The Hall–Kier alpha value is -1.08. The lowest BCUT2D eigenvalue weighted by Gasteiger charge is -2.24. The summed E-state index contributed by atoms with van der Waals surface area (Å²) >= 11 is 0. The van der Waals surface area contributed by atoms with E-state index >= 15 is 0 Å². The Bertz CT molecular complexity index is 267. The molecule has 0 saturated carbocycles. The summed E-state index contributed by atoms with van der Waals surface area (Å²) in [6.07, 6.45) is 2.71. The predicted molar refractivity (Wildman–Crippen MR) is 58.0 cm³/mol. The average Bonchev–Trinajstić information content (AvgIpc) is 2.21. The van der Waals surface area contributed by atoms with E-state index in [2.05, 4.69) is 16.7 Å². The third-order valence-corrected chi connectivity index (χ3v) is 2.73. The fourth-order valence-electron chi connectivity index (χ4n) is 1.58. The Morgan fingerprint density at radius 1 is 1.67 bits per heavy atom. The summed E-state index contributed by atoms with van der Waals surface area (Å²) in [4.78, 5) is 11.4. The van der Waals surface area contributed by atoms with Crippen LogP contribution in [-0.4, -0.2) is 25.0 Å². The van der Waals surface area contributed by atoms with Gasteiger partial charge in [0.2, 0.25) is 5.91 Å². The first-order chi connectivity index (χ1) is 7.05. The minimum atomic E-state index is -0.307. The van der Waals surface area contributed by atoms with E-state index in [0.717, 1.165) is 32.4 Å². The highest BCUT2D eigenvalue weighted by molar-refractivity contribution is 5.82. The molecule has 1 unspecified atom stereocenters. The van der Waals surface area contributed by atoms with Gasteiger partial charge in [0.1, 0.15) is 0 Å². The van der Waals surface area contributed by atoms with E-state index in [-0.39, 0.29) is 17.4 Å². The number of nitrogens with one attached hydrogen (secondary N) is 2. The van der Waals surface area contributed by atoms with E-state index < -0.39 is 0 Å². The lowest BCUT2D eigenvalue weighted by Crippen LogP contribution is -2.48. The van der Waals surface area contributed by atoms with Crippen molar-refractivity contribution < 1.29 is 4.79 Å². The van der Waals surface area contributed by atoms with Gasteiger partial charge in [0.15, 0.2) is 0 Å². The molecule has 4 heteroatoms. The van der Waals surface area contributed by atoms with Gasteiger partial charge in [-0.2, -0.15) is 5.26 Å². The standard InChI is InChI=1S/C11H19N3O/c1-11(2,8-12)5-7-13-9-4-3-6-14-10(9)15/h9,13H,3-7H2,1-2H3,(H,14,15). The number of carbonyl (C=O) groups excluding carboxylic acids is 1. The van der Waals surface area contributed by atoms with Crippen LogP contribution in [0.4, 0.5) is 0 Å². The smallest absolute Gasteiger partial charge is 0.237 e. The molecule has 15 heavy (non-hydrogen) atoms. The summed E-state index contributed by atoms with van der Waals surface area (Å²) in [5.74, 6) is 0.0935. The van der Waals surface area contributed by atoms with Crippen LogP contribution in [0.15, 0.2) is 0 Å². The van der Waals surface area contributed by atoms with Gasteiger partial charge >= 0.3 is 0 Å². The van der Waals surface area contributed by atoms with Gasteiger partial charge in [-0.05, 0) is 39.7 Å². The second kappa shape index (κ2) is 5.13. The number of nitriles is 1. The lowest BCUT2D eigenvalue weighted by atomic mass is 9.91. The molecule has 1 heterocycles. The topological polar surface area (TPSA) is 64.9 Å². The number of rotatable bonds is 4. The Kier molecular flexibility index (Phi) is 4.10. The number of piperidine rings is 1. The molecule has 0 aromatic heterocycles. The molecule has 2 N–H and O–H groups in total.